The molecule has 0 unspecified atom stereocenters. The number of hydrogen-bond donors (Lipinski definition) is 0. The van der Waals surface area contributed by atoms with E-state index in [-0.39, 0.29) is 35.1 Å². The smallest absolute Gasteiger partial charge is 0.433 e. The van der Waals surface area contributed by atoms with Crippen LogP contribution in [0.2, 0.25) is 5.02 Å². The molecule has 0 radical (unpaired) electrons. The number of nitriles is 2. The molecular formula is C18H12ClF3N4O2. The molecule has 2 heterocycles. The second kappa shape index (κ2) is 7.93. The van der Waals surface area contributed by atoms with E-state index in [1.807, 2.05) is 12.1 Å². The summed E-state index contributed by atoms with van der Waals surface area (Å²) >= 11 is 5.95. The molecule has 1 saturated heterocycles. The molecule has 0 saturated carbocycles. The number of alkyl halides is 3. The van der Waals surface area contributed by atoms with Crippen LogP contribution in [0.1, 0.15) is 11.3 Å². The van der Waals surface area contributed by atoms with Gasteiger partial charge in [0.05, 0.1) is 23.3 Å². The predicted molar refractivity (Wildman–Crippen MR) is 92.7 cm³/mol. The molecule has 0 bridgehead atoms. The van der Waals surface area contributed by atoms with Crippen molar-refractivity contribution in [1.29, 1.82) is 10.5 Å². The van der Waals surface area contributed by atoms with Gasteiger partial charge in [-0.2, -0.15) is 23.7 Å². The van der Waals surface area contributed by atoms with Crippen molar-refractivity contribution in [3.8, 4) is 17.9 Å². The van der Waals surface area contributed by atoms with E-state index in [1.165, 1.54) is 36.5 Å². The van der Waals surface area contributed by atoms with Crippen molar-refractivity contribution in [2.75, 3.05) is 18.1 Å². The average molecular weight is 409 g/mol. The fourth-order valence-electron chi connectivity index (χ4n) is 2.69. The van der Waals surface area contributed by atoms with Crippen LogP contribution in [0.5, 0.6) is 5.75 Å². The van der Waals surface area contributed by atoms with Gasteiger partial charge < -0.3 is 14.4 Å². The number of aromatic nitrogens is 1. The standard InChI is InChI=1S/C18H12ClF3N4O2/c19-16-5-13(3-1-11(16)6-23)26-9-15(28-17(26)18(20,21)22)10-27-14-4-2-12(7-24)25-8-14/h1-5,8,15,17H,9-10H2/t15-,17+/m0/s1. The highest BCUT2D eigenvalue weighted by atomic mass is 35.5. The third-order valence-electron chi connectivity index (χ3n) is 3.98. The van der Waals surface area contributed by atoms with Gasteiger partial charge in [-0.05, 0) is 30.3 Å². The summed E-state index contributed by atoms with van der Waals surface area (Å²) in [4.78, 5) is 4.85. The number of pyridine rings is 1. The van der Waals surface area contributed by atoms with Crippen molar-refractivity contribution in [2.45, 2.75) is 18.5 Å². The first kappa shape index (κ1) is 19.7. The molecule has 6 nitrogen and oxygen atoms in total. The number of hydrogen-bond acceptors (Lipinski definition) is 6. The highest BCUT2D eigenvalue weighted by Gasteiger charge is 2.51. The highest BCUT2D eigenvalue weighted by molar-refractivity contribution is 6.32. The van der Waals surface area contributed by atoms with Crippen molar-refractivity contribution in [3.05, 3.63) is 52.8 Å². The van der Waals surface area contributed by atoms with E-state index in [0.29, 0.717) is 5.75 Å². The second-order valence-corrected chi connectivity index (χ2v) is 6.29. The molecule has 10 heteroatoms. The van der Waals surface area contributed by atoms with Gasteiger partial charge in [0.15, 0.2) is 0 Å². The minimum Gasteiger partial charge on any atom is -0.489 e. The lowest BCUT2D eigenvalue weighted by molar-refractivity contribution is -0.215. The van der Waals surface area contributed by atoms with Crippen molar-refractivity contribution in [2.24, 2.45) is 0 Å². The normalized spacial score (nSPS) is 19.1. The Hall–Kier alpha value is -3.01. The van der Waals surface area contributed by atoms with Gasteiger partial charge in [-0.25, -0.2) is 4.98 Å². The number of rotatable bonds is 4. The minimum absolute atomic E-state index is 0.0595. The zero-order chi connectivity index (χ0) is 20.3. The molecule has 1 aromatic carbocycles. The highest BCUT2D eigenvalue weighted by Crippen LogP contribution is 2.36. The Bertz CT molecular complexity index is 938. The van der Waals surface area contributed by atoms with E-state index >= 15 is 0 Å². The van der Waals surface area contributed by atoms with Gasteiger partial charge >= 0.3 is 6.18 Å². The molecule has 2 aromatic rings. The first-order valence-corrected chi connectivity index (χ1v) is 8.37. The van der Waals surface area contributed by atoms with Gasteiger partial charge in [-0.15, -0.1) is 0 Å². The van der Waals surface area contributed by atoms with Crippen LogP contribution in [0.25, 0.3) is 0 Å². The van der Waals surface area contributed by atoms with Crippen LogP contribution in [0.3, 0.4) is 0 Å². The van der Waals surface area contributed by atoms with E-state index in [9.17, 15) is 13.2 Å². The number of anilines is 1. The van der Waals surface area contributed by atoms with Gasteiger partial charge in [0.1, 0.15) is 36.3 Å². The molecule has 3 rings (SSSR count). The fraction of sp³-hybridized carbons (Fsp3) is 0.278. The van der Waals surface area contributed by atoms with Crippen LogP contribution in [0.4, 0.5) is 18.9 Å². The summed E-state index contributed by atoms with van der Waals surface area (Å²) in [6.45, 7) is -0.225. The lowest BCUT2D eigenvalue weighted by Gasteiger charge is -2.26. The SMILES string of the molecule is N#Cc1ccc(OC[C@@H]2CN(c3ccc(C#N)c(Cl)c3)[C@@H](C(F)(F)F)O2)cn1. The van der Waals surface area contributed by atoms with Crippen LogP contribution in [0, 0.1) is 22.7 Å². The molecule has 1 fully saturated rings. The molecule has 144 valence electrons. The van der Waals surface area contributed by atoms with Crippen LogP contribution in [-0.2, 0) is 4.74 Å². The van der Waals surface area contributed by atoms with E-state index in [2.05, 4.69) is 4.98 Å². The Morgan fingerprint density at radius 2 is 2.04 bits per heavy atom. The summed E-state index contributed by atoms with van der Waals surface area (Å²) < 4.78 is 50.9. The molecule has 0 spiro atoms. The minimum atomic E-state index is -4.63. The van der Waals surface area contributed by atoms with E-state index in [0.717, 1.165) is 4.90 Å². The van der Waals surface area contributed by atoms with Gasteiger partial charge in [0.25, 0.3) is 0 Å². The topological polar surface area (TPSA) is 82.2 Å². The number of ether oxygens (including phenoxy) is 2. The maximum Gasteiger partial charge on any atom is 0.433 e. The van der Waals surface area contributed by atoms with Crippen LogP contribution >= 0.6 is 11.6 Å². The summed E-state index contributed by atoms with van der Waals surface area (Å²) in [6, 6.07) is 10.7. The van der Waals surface area contributed by atoms with Crippen LogP contribution in [0.15, 0.2) is 36.5 Å². The first-order valence-electron chi connectivity index (χ1n) is 7.99. The molecule has 1 aliphatic heterocycles. The Labute approximate surface area is 163 Å². The van der Waals surface area contributed by atoms with Crippen LogP contribution in [-0.4, -0.2) is 36.6 Å². The Morgan fingerprint density at radius 3 is 2.61 bits per heavy atom. The largest absolute Gasteiger partial charge is 0.489 e. The van der Waals surface area contributed by atoms with Crippen molar-refractivity contribution in [1.82, 2.24) is 4.98 Å². The fourth-order valence-corrected chi connectivity index (χ4v) is 2.91. The van der Waals surface area contributed by atoms with Crippen molar-refractivity contribution in [3.63, 3.8) is 0 Å². The van der Waals surface area contributed by atoms with Gasteiger partial charge in [-0.1, -0.05) is 11.6 Å². The zero-order valence-electron chi connectivity index (χ0n) is 14.2. The van der Waals surface area contributed by atoms with Crippen molar-refractivity contribution < 1.29 is 22.6 Å². The van der Waals surface area contributed by atoms with Crippen LogP contribution < -0.4 is 9.64 Å². The summed E-state index contributed by atoms with van der Waals surface area (Å²) in [5, 5.41) is 17.7. The quantitative estimate of drug-likeness (QED) is 0.768. The number of benzene rings is 1. The zero-order valence-corrected chi connectivity index (χ0v) is 14.9. The van der Waals surface area contributed by atoms with E-state index in [4.69, 9.17) is 31.6 Å². The third-order valence-corrected chi connectivity index (χ3v) is 4.29. The summed E-state index contributed by atoms with van der Waals surface area (Å²) in [7, 11) is 0. The Balaban J connectivity index is 1.74. The lowest BCUT2D eigenvalue weighted by Crippen LogP contribution is -2.42. The van der Waals surface area contributed by atoms with Gasteiger partial charge in [-0.3, -0.25) is 0 Å². The summed E-state index contributed by atoms with van der Waals surface area (Å²) in [5.74, 6) is 0.311. The van der Waals surface area contributed by atoms with Crippen molar-refractivity contribution >= 4 is 17.3 Å². The third kappa shape index (κ3) is 4.28. The molecule has 0 N–H and O–H groups in total. The molecule has 1 aliphatic rings. The maximum absolute atomic E-state index is 13.4. The molecular weight excluding hydrogens is 397 g/mol. The Morgan fingerprint density at radius 1 is 1.25 bits per heavy atom. The predicted octanol–water partition coefficient (Wildman–Crippen LogP) is 3.65. The molecule has 2 atom stereocenters. The summed E-state index contributed by atoms with van der Waals surface area (Å²) in [5.41, 5.74) is 0.557. The Kier molecular flexibility index (Phi) is 5.59. The number of nitrogens with zero attached hydrogens (tertiary/aromatic N) is 4. The van der Waals surface area contributed by atoms with E-state index in [1.54, 1.807) is 0 Å². The van der Waals surface area contributed by atoms with Gasteiger partial charge in [0.2, 0.25) is 6.23 Å². The second-order valence-electron chi connectivity index (χ2n) is 5.88. The summed E-state index contributed by atoms with van der Waals surface area (Å²) in [6.07, 6.45) is -6.35. The number of halogens is 4. The molecule has 0 amide bonds. The maximum atomic E-state index is 13.4. The van der Waals surface area contributed by atoms with E-state index < -0.39 is 18.5 Å². The van der Waals surface area contributed by atoms with Gasteiger partial charge in [0, 0.05) is 5.69 Å². The lowest BCUT2D eigenvalue weighted by atomic mass is 10.2. The monoisotopic (exact) mass is 408 g/mol. The molecule has 0 aliphatic carbocycles. The molecule has 28 heavy (non-hydrogen) atoms. The molecule has 1 aromatic heterocycles. The average Bonchev–Trinajstić information content (AvgIpc) is 3.11. The first-order chi connectivity index (χ1) is 13.3.